The lowest BCUT2D eigenvalue weighted by atomic mass is 9.95. The lowest BCUT2D eigenvalue weighted by Gasteiger charge is -2.12. The highest BCUT2D eigenvalue weighted by Gasteiger charge is 2.23. The molecule has 10 nitrogen and oxygen atoms in total. The number of H-pyrrole nitrogens is 2. The molecule has 4 N–H and O–H groups in total. The van der Waals surface area contributed by atoms with Crippen molar-refractivity contribution in [1.29, 1.82) is 0 Å². The normalized spacial score (nSPS) is 19.8. The summed E-state index contributed by atoms with van der Waals surface area (Å²) < 4.78 is 0. The van der Waals surface area contributed by atoms with E-state index in [0.717, 1.165) is 83.7 Å². The molecular formula is C28H26N10. The number of hydrogen-bond acceptors (Lipinski definition) is 8. The lowest BCUT2D eigenvalue weighted by Crippen LogP contribution is -2.14. The molecule has 2 aliphatic heterocycles. The van der Waals surface area contributed by atoms with Crippen molar-refractivity contribution in [2.24, 2.45) is 0 Å². The standard InChI is InChI=1S/C28H26N10/c1-2-6-16-15(5-1)9-10-17(20-13-31-25-27(33-20)37-23(35-25)18-7-3-11-29-18)22(16)21-14-32-26-28(34-21)38-24(36-26)19-8-4-12-30-19/h1-2,5-6,9-10,13-14,18-19,29-30H,3-4,7-8,11-12H2,(H,31,33,35,37)(H,32,34,36,38). The molecule has 0 bridgehead atoms. The molecule has 0 radical (unpaired) electrons. The Bertz CT molecular complexity index is 1810. The molecule has 2 fully saturated rings. The van der Waals surface area contributed by atoms with E-state index in [1.165, 1.54) is 0 Å². The highest BCUT2D eigenvalue weighted by Crippen LogP contribution is 2.37. The highest BCUT2D eigenvalue weighted by atomic mass is 15.1. The Balaban J connectivity index is 1.28. The van der Waals surface area contributed by atoms with Crippen molar-refractivity contribution in [3.8, 4) is 22.5 Å². The molecule has 2 aromatic carbocycles. The Hall–Kier alpha value is -4.28. The van der Waals surface area contributed by atoms with Crippen LogP contribution in [0.3, 0.4) is 0 Å². The number of nitrogens with zero attached hydrogens (tertiary/aromatic N) is 6. The summed E-state index contributed by atoms with van der Waals surface area (Å²) in [6, 6.07) is 13.0. The fraction of sp³-hybridized carbons (Fsp3) is 0.286. The number of rotatable bonds is 4. The molecule has 0 saturated carbocycles. The summed E-state index contributed by atoms with van der Waals surface area (Å²) in [5.74, 6) is 1.80. The molecule has 2 aliphatic rings. The van der Waals surface area contributed by atoms with Crippen molar-refractivity contribution in [3.05, 3.63) is 60.4 Å². The van der Waals surface area contributed by atoms with E-state index >= 15 is 0 Å². The predicted molar refractivity (Wildman–Crippen MR) is 145 cm³/mol. The first-order chi connectivity index (χ1) is 18.8. The average Bonchev–Trinajstić information content (AvgIpc) is 3.77. The van der Waals surface area contributed by atoms with Gasteiger partial charge in [-0.1, -0.05) is 36.4 Å². The van der Waals surface area contributed by atoms with Crippen LogP contribution in [-0.4, -0.2) is 53.0 Å². The Morgan fingerprint density at radius 1 is 0.658 bits per heavy atom. The number of aromatic nitrogens is 8. The van der Waals surface area contributed by atoms with Gasteiger partial charge in [0.1, 0.15) is 11.6 Å². The zero-order chi connectivity index (χ0) is 25.1. The summed E-state index contributed by atoms with van der Waals surface area (Å²) in [5, 5.41) is 9.19. The predicted octanol–water partition coefficient (Wildman–Crippen LogP) is 4.36. The number of hydrogen-bond donors (Lipinski definition) is 4. The molecular weight excluding hydrogens is 476 g/mol. The second kappa shape index (κ2) is 8.64. The van der Waals surface area contributed by atoms with Gasteiger partial charge < -0.3 is 20.6 Å². The topological polar surface area (TPSA) is 133 Å². The summed E-state index contributed by atoms with van der Waals surface area (Å²) in [4.78, 5) is 35.6. The first-order valence-corrected chi connectivity index (χ1v) is 13.2. The van der Waals surface area contributed by atoms with Crippen LogP contribution >= 0.6 is 0 Å². The average molecular weight is 503 g/mol. The SMILES string of the molecule is c1ccc2c(-c3cnc4nc(C5CCCN5)[nH]c4n3)c(-c3cnc4nc(C5CCCN5)[nH]c4n3)ccc2c1. The Morgan fingerprint density at radius 3 is 1.95 bits per heavy atom. The van der Waals surface area contributed by atoms with Gasteiger partial charge in [-0.25, -0.2) is 29.9 Å². The molecule has 0 aliphatic carbocycles. The maximum absolute atomic E-state index is 5.01. The van der Waals surface area contributed by atoms with Crippen molar-refractivity contribution in [3.63, 3.8) is 0 Å². The van der Waals surface area contributed by atoms with Crippen molar-refractivity contribution in [2.45, 2.75) is 37.8 Å². The minimum atomic E-state index is 0.225. The fourth-order valence-electron chi connectivity index (χ4n) is 5.80. The molecule has 2 saturated heterocycles. The smallest absolute Gasteiger partial charge is 0.197 e. The largest absolute Gasteiger partial charge is 0.324 e. The van der Waals surface area contributed by atoms with Crippen LogP contribution in [0.1, 0.15) is 49.4 Å². The summed E-state index contributed by atoms with van der Waals surface area (Å²) in [7, 11) is 0. The van der Waals surface area contributed by atoms with Gasteiger partial charge in [-0.2, -0.15) is 0 Å². The molecule has 4 aromatic heterocycles. The quantitative estimate of drug-likeness (QED) is 0.280. The Kier molecular flexibility index (Phi) is 4.95. The minimum absolute atomic E-state index is 0.225. The molecule has 6 aromatic rings. The number of aromatic amines is 2. The van der Waals surface area contributed by atoms with Crippen LogP contribution < -0.4 is 10.6 Å². The van der Waals surface area contributed by atoms with Crippen LogP contribution in [0.5, 0.6) is 0 Å². The monoisotopic (exact) mass is 502 g/mol. The zero-order valence-electron chi connectivity index (χ0n) is 20.7. The maximum atomic E-state index is 5.01. The summed E-state index contributed by atoms with van der Waals surface area (Å²) in [5.41, 5.74) is 6.08. The van der Waals surface area contributed by atoms with Crippen LogP contribution in [0.15, 0.2) is 48.8 Å². The summed E-state index contributed by atoms with van der Waals surface area (Å²) in [6.45, 7) is 2.02. The third-order valence-electron chi connectivity index (χ3n) is 7.69. The van der Waals surface area contributed by atoms with Gasteiger partial charge in [0.2, 0.25) is 0 Å². The minimum Gasteiger partial charge on any atom is -0.324 e. The molecule has 38 heavy (non-hydrogen) atoms. The van der Waals surface area contributed by atoms with Gasteiger partial charge in [-0.15, -0.1) is 0 Å². The first kappa shape index (κ1) is 21.8. The van der Waals surface area contributed by atoms with Gasteiger partial charge in [-0.05, 0) is 49.5 Å². The van der Waals surface area contributed by atoms with Crippen LogP contribution in [0, 0.1) is 0 Å². The lowest BCUT2D eigenvalue weighted by molar-refractivity contribution is 0.614. The second-order valence-corrected chi connectivity index (χ2v) is 10.1. The van der Waals surface area contributed by atoms with Gasteiger partial charge in [0.05, 0.1) is 35.9 Å². The van der Waals surface area contributed by atoms with Crippen molar-refractivity contribution < 1.29 is 0 Å². The van der Waals surface area contributed by atoms with Gasteiger partial charge in [0.15, 0.2) is 22.6 Å². The van der Waals surface area contributed by atoms with Crippen molar-refractivity contribution in [1.82, 2.24) is 50.5 Å². The number of imidazole rings is 2. The van der Waals surface area contributed by atoms with E-state index < -0.39 is 0 Å². The Labute approximate surface area is 217 Å². The summed E-state index contributed by atoms with van der Waals surface area (Å²) in [6.07, 6.45) is 8.03. The van der Waals surface area contributed by atoms with E-state index in [-0.39, 0.29) is 12.1 Å². The zero-order valence-corrected chi connectivity index (χ0v) is 20.7. The molecule has 0 spiro atoms. The summed E-state index contributed by atoms with van der Waals surface area (Å²) >= 11 is 0. The molecule has 6 heterocycles. The molecule has 2 unspecified atom stereocenters. The van der Waals surface area contributed by atoms with Gasteiger partial charge in [-0.3, -0.25) is 0 Å². The molecule has 188 valence electrons. The third-order valence-corrected chi connectivity index (χ3v) is 7.69. The van der Waals surface area contributed by atoms with E-state index in [1.807, 2.05) is 18.3 Å². The van der Waals surface area contributed by atoms with Crippen molar-refractivity contribution >= 4 is 33.4 Å². The van der Waals surface area contributed by atoms with Crippen LogP contribution in [0.25, 0.3) is 55.9 Å². The third kappa shape index (κ3) is 3.56. The van der Waals surface area contributed by atoms with Gasteiger partial charge in [0, 0.05) is 11.1 Å². The van der Waals surface area contributed by atoms with Crippen LogP contribution in [-0.2, 0) is 0 Å². The van der Waals surface area contributed by atoms with Crippen molar-refractivity contribution in [2.75, 3.05) is 13.1 Å². The maximum Gasteiger partial charge on any atom is 0.197 e. The van der Waals surface area contributed by atoms with Gasteiger partial charge in [0.25, 0.3) is 0 Å². The molecule has 2 atom stereocenters. The number of benzene rings is 2. The fourth-order valence-corrected chi connectivity index (χ4v) is 5.80. The number of fused-ring (bicyclic) bond motifs is 3. The second-order valence-electron chi connectivity index (χ2n) is 10.1. The molecule has 10 heteroatoms. The van der Waals surface area contributed by atoms with Crippen LogP contribution in [0.2, 0.25) is 0 Å². The molecule has 8 rings (SSSR count). The van der Waals surface area contributed by atoms with Gasteiger partial charge >= 0.3 is 0 Å². The van der Waals surface area contributed by atoms with E-state index in [2.05, 4.69) is 49.9 Å². The van der Waals surface area contributed by atoms with Crippen LogP contribution in [0.4, 0.5) is 0 Å². The van der Waals surface area contributed by atoms with E-state index in [1.54, 1.807) is 6.20 Å². The van der Waals surface area contributed by atoms with E-state index in [0.29, 0.717) is 22.6 Å². The Morgan fingerprint density at radius 2 is 1.29 bits per heavy atom. The highest BCUT2D eigenvalue weighted by molar-refractivity contribution is 6.03. The number of nitrogens with one attached hydrogen (secondary N) is 4. The molecule has 0 amide bonds. The van der Waals surface area contributed by atoms with E-state index in [9.17, 15) is 0 Å². The van der Waals surface area contributed by atoms with E-state index in [4.69, 9.17) is 24.9 Å². The first-order valence-electron chi connectivity index (χ1n) is 13.2.